The molecular weight excluding hydrogens is 337 g/mol. The highest BCUT2D eigenvalue weighted by Gasteiger charge is 2.21. The average Bonchev–Trinajstić information content (AvgIpc) is 2.36. The van der Waals surface area contributed by atoms with Gasteiger partial charge in [-0.1, -0.05) is 23.2 Å². The summed E-state index contributed by atoms with van der Waals surface area (Å²) in [5, 5.41) is 0.504. The average molecular weight is 348 g/mol. The summed E-state index contributed by atoms with van der Waals surface area (Å²) in [5.41, 5.74) is 0.538. The van der Waals surface area contributed by atoms with Crippen molar-refractivity contribution in [3.63, 3.8) is 0 Å². The van der Waals surface area contributed by atoms with E-state index < -0.39 is 10.0 Å². The largest absolute Gasteiger partial charge is 0.495 e. The molecule has 0 aliphatic carbocycles. The van der Waals surface area contributed by atoms with Gasteiger partial charge in [0.1, 0.15) is 15.8 Å². The topological polar surface area (TPSA) is 81.2 Å². The molecule has 0 atom stereocenters. The maximum Gasteiger partial charge on any atom is 0.267 e. The third-order valence-electron chi connectivity index (χ3n) is 2.46. The number of rotatable bonds is 4. The molecule has 112 valence electrons. The molecule has 1 heterocycles. The molecule has 21 heavy (non-hydrogen) atoms. The summed E-state index contributed by atoms with van der Waals surface area (Å²) in [4.78, 5) is 7.71. The van der Waals surface area contributed by atoms with Gasteiger partial charge in [-0.15, -0.1) is 0 Å². The van der Waals surface area contributed by atoms with Gasteiger partial charge in [-0.05, 0) is 25.1 Å². The van der Waals surface area contributed by atoms with E-state index in [0.29, 0.717) is 10.7 Å². The molecule has 0 aliphatic heterocycles. The van der Waals surface area contributed by atoms with Crippen LogP contribution >= 0.6 is 23.2 Å². The van der Waals surface area contributed by atoms with Crippen LogP contribution in [0, 0.1) is 6.92 Å². The Morgan fingerprint density at radius 1 is 1.19 bits per heavy atom. The zero-order chi connectivity index (χ0) is 15.6. The van der Waals surface area contributed by atoms with Gasteiger partial charge in [0.15, 0.2) is 0 Å². The van der Waals surface area contributed by atoms with Crippen molar-refractivity contribution in [1.29, 1.82) is 0 Å². The number of benzene rings is 1. The zero-order valence-corrected chi connectivity index (χ0v) is 13.4. The van der Waals surface area contributed by atoms with Crippen molar-refractivity contribution in [3.05, 3.63) is 40.1 Å². The van der Waals surface area contributed by atoms with Gasteiger partial charge in [0.05, 0.1) is 7.11 Å². The van der Waals surface area contributed by atoms with Crippen LogP contribution in [0.15, 0.2) is 29.2 Å². The Hall–Kier alpha value is -1.57. The fourth-order valence-electron chi connectivity index (χ4n) is 1.61. The number of anilines is 1. The van der Waals surface area contributed by atoms with E-state index in [9.17, 15) is 8.42 Å². The standard InChI is InChI=1S/C12H11Cl2N3O3S/c1-7-5-11(14)16-12(15-7)17-21(18,19)10-4-3-8(13)6-9(10)20-2/h3-6H,1-2H3,(H,15,16,17). The Morgan fingerprint density at radius 3 is 2.52 bits per heavy atom. The smallest absolute Gasteiger partial charge is 0.267 e. The molecule has 0 aliphatic rings. The van der Waals surface area contributed by atoms with E-state index in [0.717, 1.165) is 0 Å². The van der Waals surface area contributed by atoms with Crippen LogP contribution in [0.3, 0.4) is 0 Å². The van der Waals surface area contributed by atoms with Gasteiger partial charge >= 0.3 is 0 Å². The predicted molar refractivity (Wildman–Crippen MR) is 80.6 cm³/mol. The minimum absolute atomic E-state index is 0.0735. The highest BCUT2D eigenvalue weighted by Crippen LogP contribution is 2.28. The van der Waals surface area contributed by atoms with Gasteiger partial charge in [-0.25, -0.2) is 23.1 Å². The molecule has 1 aromatic heterocycles. The van der Waals surface area contributed by atoms with Crippen LogP contribution in [0.4, 0.5) is 5.95 Å². The van der Waals surface area contributed by atoms with Gasteiger partial charge < -0.3 is 4.74 Å². The lowest BCUT2D eigenvalue weighted by Gasteiger charge is -2.11. The first kappa shape index (κ1) is 15.8. The molecule has 0 bridgehead atoms. The van der Waals surface area contributed by atoms with Crippen LogP contribution < -0.4 is 9.46 Å². The van der Waals surface area contributed by atoms with E-state index in [1.807, 2.05) is 0 Å². The molecule has 0 fully saturated rings. The maximum absolute atomic E-state index is 12.4. The third kappa shape index (κ3) is 3.75. The number of ether oxygens (including phenoxy) is 1. The minimum atomic E-state index is -3.92. The number of aryl methyl sites for hydroxylation is 1. The van der Waals surface area contributed by atoms with E-state index in [4.69, 9.17) is 27.9 Å². The maximum atomic E-state index is 12.4. The second-order valence-corrected chi connectivity index (χ2v) is 6.53. The normalized spacial score (nSPS) is 11.2. The highest BCUT2D eigenvalue weighted by atomic mass is 35.5. The first-order valence-corrected chi connectivity index (χ1v) is 7.93. The first-order valence-electron chi connectivity index (χ1n) is 5.69. The Bertz CT molecular complexity index is 761. The molecule has 2 rings (SSSR count). The molecule has 2 aromatic rings. The molecule has 0 unspecified atom stereocenters. The van der Waals surface area contributed by atoms with Gasteiger partial charge in [0, 0.05) is 16.8 Å². The quantitative estimate of drug-likeness (QED) is 0.860. The second kappa shape index (κ2) is 6.05. The number of aromatic nitrogens is 2. The molecule has 0 saturated carbocycles. The highest BCUT2D eigenvalue weighted by molar-refractivity contribution is 7.92. The Labute approximate surface area is 132 Å². The Kier molecular flexibility index (Phi) is 4.55. The van der Waals surface area contributed by atoms with E-state index in [1.54, 1.807) is 6.92 Å². The fourth-order valence-corrected chi connectivity index (χ4v) is 3.11. The summed E-state index contributed by atoms with van der Waals surface area (Å²) in [6.45, 7) is 1.67. The van der Waals surface area contributed by atoms with Gasteiger partial charge in [-0.2, -0.15) is 0 Å². The number of nitrogens with zero attached hydrogens (tertiary/aromatic N) is 2. The zero-order valence-electron chi connectivity index (χ0n) is 11.1. The number of hydrogen-bond donors (Lipinski definition) is 1. The number of hydrogen-bond acceptors (Lipinski definition) is 5. The van der Waals surface area contributed by atoms with Crippen molar-refractivity contribution < 1.29 is 13.2 Å². The monoisotopic (exact) mass is 347 g/mol. The Morgan fingerprint density at radius 2 is 1.90 bits per heavy atom. The lowest BCUT2D eigenvalue weighted by Crippen LogP contribution is -2.16. The van der Waals surface area contributed by atoms with Crippen molar-refractivity contribution in [2.24, 2.45) is 0 Å². The van der Waals surface area contributed by atoms with Crippen LogP contribution in [0.2, 0.25) is 10.2 Å². The van der Waals surface area contributed by atoms with Crippen molar-refractivity contribution in [3.8, 4) is 5.75 Å². The summed E-state index contributed by atoms with van der Waals surface area (Å²) in [6, 6.07) is 5.70. The second-order valence-electron chi connectivity index (χ2n) is 4.06. The summed E-state index contributed by atoms with van der Waals surface area (Å²) >= 11 is 11.6. The van der Waals surface area contributed by atoms with E-state index in [1.165, 1.54) is 31.4 Å². The molecule has 0 radical (unpaired) electrons. The SMILES string of the molecule is COc1cc(Cl)ccc1S(=O)(=O)Nc1nc(C)cc(Cl)n1. The molecule has 1 aromatic carbocycles. The lowest BCUT2D eigenvalue weighted by atomic mass is 10.3. The van der Waals surface area contributed by atoms with E-state index >= 15 is 0 Å². The van der Waals surface area contributed by atoms with Gasteiger partial charge in [0.2, 0.25) is 5.95 Å². The molecule has 0 saturated heterocycles. The molecule has 9 heteroatoms. The van der Waals surface area contributed by atoms with Crippen molar-refractivity contribution in [1.82, 2.24) is 9.97 Å². The van der Waals surface area contributed by atoms with Crippen molar-refractivity contribution in [2.75, 3.05) is 11.8 Å². The minimum Gasteiger partial charge on any atom is -0.495 e. The summed E-state index contributed by atoms with van der Waals surface area (Å²) in [6.07, 6.45) is 0. The summed E-state index contributed by atoms with van der Waals surface area (Å²) in [7, 11) is -2.57. The number of sulfonamides is 1. The van der Waals surface area contributed by atoms with Crippen molar-refractivity contribution in [2.45, 2.75) is 11.8 Å². The fraction of sp³-hybridized carbons (Fsp3) is 0.167. The molecule has 0 spiro atoms. The molecular formula is C12H11Cl2N3O3S. The van der Waals surface area contributed by atoms with Crippen molar-refractivity contribution >= 4 is 39.2 Å². The number of halogens is 2. The van der Waals surface area contributed by atoms with Crippen LogP contribution in [-0.2, 0) is 10.0 Å². The molecule has 1 N–H and O–H groups in total. The Balaban J connectivity index is 2.43. The van der Waals surface area contributed by atoms with E-state index in [-0.39, 0.29) is 21.7 Å². The van der Waals surface area contributed by atoms with Gasteiger partial charge in [-0.3, -0.25) is 0 Å². The summed E-state index contributed by atoms with van der Waals surface area (Å²) < 4.78 is 32.0. The third-order valence-corrected chi connectivity index (χ3v) is 4.26. The lowest BCUT2D eigenvalue weighted by molar-refractivity contribution is 0.403. The van der Waals surface area contributed by atoms with Crippen LogP contribution in [-0.4, -0.2) is 25.5 Å². The van der Waals surface area contributed by atoms with E-state index in [2.05, 4.69) is 14.7 Å². The predicted octanol–water partition coefficient (Wildman–Crippen LogP) is 2.90. The summed E-state index contributed by atoms with van der Waals surface area (Å²) in [5.74, 6) is 0.00533. The van der Waals surface area contributed by atoms with Crippen LogP contribution in [0.25, 0.3) is 0 Å². The molecule has 6 nitrogen and oxygen atoms in total. The van der Waals surface area contributed by atoms with Crippen LogP contribution in [0.5, 0.6) is 5.75 Å². The first-order chi connectivity index (χ1) is 9.81. The number of methoxy groups -OCH3 is 1. The van der Waals surface area contributed by atoms with Crippen LogP contribution in [0.1, 0.15) is 5.69 Å². The number of nitrogens with one attached hydrogen (secondary N) is 1. The van der Waals surface area contributed by atoms with Gasteiger partial charge in [0.25, 0.3) is 10.0 Å². The molecule has 0 amide bonds.